The maximum absolute atomic E-state index is 14.2. The lowest BCUT2D eigenvalue weighted by Crippen LogP contribution is -2.37. The molecule has 250 valence electrons. The molecule has 0 saturated carbocycles. The van der Waals surface area contributed by atoms with Crippen molar-refractivity contribution in [2.75, 3.05) is 13.2 Å². The van der Waals surface area contributed by atoms with Crippen molar-refractivity contribution in [3.63, 3.8) is 0 Å². The predicted octanol–water partition coefficient (Wildman–Crippen LogP) is 8.54. The summed E-state index contributed by atoms with van der Waals surface area (Å²) >= 11 is 7.91. The number of thiophene rings is 1. The van der Waals surface area contributed by atoms with E-state index in [2.05, 4.69) is 15.2 Å². The number of pyridine rings is 2. The summed E-state index contributed by atoms with van der Waals surface area (Å²) < 4.78 is 32.0. The first kappa shape index (κ1) is 33.5. The van der Waals surface area contributed by atoms with E-state index >= 15 is 0 Å². The molecular formula is C35H35ClFN5O5S. The molecule has 13 heteroatoms. The molecule has 1 amide bonds. The van der Waals surface area contributed by atoms with Gasteiger partial charge in [0.1, 0.15) is 16.6 Å². The number of rotatable bonds is 8. The van der Waals surface area contributed by atoms with Crippen molar-refractivity contribution in [2.24, 2.45) is 0 Å². The van der Waals surface area contributed by atoms with Crippen LogP contribution in [0.25, 0.3) is 32.0 Å². The van der Waals surface area contributed by atoms with Gasteiger partial charge in [-0.2, -0.15) is 0 Å². The number of amides is 1. The van der Waals surface area contributed by atoms with Gasteiger partial charge in [0.15, 0.2) is 0 Å². The Morgan fingerprint density at radius 1 is 1.12 bits per heavy atom. The molecule has 1 aliphatic rings. The summed E-state index contributed by atoms with van der Waals surface area (Å²) in [6.45, 7) is 9.40. The molecule has 0 spiro atoms. The lowest BCUT2D eigenvalue weighted by Gasteiger charge is -2.30. The van der Waals surface area contributed by atoms with Gasteiger partial charge in [0.2, 0.25) is 11.8 Å². The number of hydrogen-bond acceptors (Lipinski definition) is 10. The molecule has 0 radical (unpaired) electrons. The van der Waals surface area contributed by atoms with E-state index in [4.69, 9.17) is 30.5 Å². The molecule has 1 aromatic carbocycles. The van der Waals surface area contributed by atoms with Crippen LogP contribution in [0.15, 0.2) is 47.0 Å². The molecule has 1 fully saturated rings. The monoisotopic (exact) mass is 691 g/mol. The van der Waals surface area contributed by atoms with Crippen molar-refractivity contribution in [1.82, 2.24) is 25.1 Å². The third-order valence-corrected chi connectivity index (χ3v) is 9.49. The fourth-order valence-corrected chi connectivity index (χ4v) is 7.29. The zero-order chi connectivity index (χ0) is 34.2. The van der Waals surface area contributed by atoms with Crippen LogP contribution in [0.3, 0.4) is 0 Å². The highest BCUT2D eigenvalue weighted by molar-refractivity contribution is 7.22. The highest BCUT2D eigenvalue weighted by Gasteiger charge is 2.40. The van der Waals surface area contributed by atoms with E-state index < -0.39 is 23.7 Å². The summed E-state index contributed by atoms with van der Waals surface area (Å²) in [4.78, 5) is 39.5. The van der Waals surface area contributed by atoms with Crippen LogP contribution in [0.5, 0.6) is 0 Å². The van der Waals surface area contributed by atoms with Crippen molar-refractivity contribution in [3.05, 3.63) is 82.0 Å². The Bertz CT molecular complexity index is 1990. The number of esters is 1. The topological polar surface area (TPSA) is 121 Å². The predicted molar refractivity (Wildman–Crippen MR) is 181 cm³/mol. The average Bonchev–Trinajstić information content (AvgIpc) is 3.79. The second kappa shape index (κ2) is 13.6. The van der Waals surface area contributed by atoms with Gasteiger partial charge in [0.05, 0.1) is 39.9 Å². The zero-order valence-electron chi connectivity index (χ0n) is 27.3. The normalized spacial score (nSPS) is 14.9. The van der Waals surface area contributed by atoms with E-state index in [0.29, 0.717) is 70.7 Å². The summed E-state index contributed by atoms with van der Waals surface area (Å²) in [5.41, 5.74) is 2.29. The molecule has 5 heterocycles. The van der Waals surface area contributed by atoms with Crippen molar-refractivity contribution in [2.45, 2.75) is 71.9 Å². The molecule has 6 rings (SSSR count). The Morgan fingerprint density at radius 3 is 2.56 bits per heavy atom. The number of likely N-dealkylation sites (tertiary alicyclic amines) is 1. The molecule has 0 N–H and O–H groups in total. The number of carbonyl (C=O) groups is 2. The van der Waals surface area contributed by atoms with Gasteiger partial charge < -0.3 is 13.9 Å². The number of halogens is 2. The van der Waals surface area contributed by atoms with Crippen molar-refractivity contribution >= 4 is 45.1 Å². The first-order chi connectivity index (χ1) is 22.9. The molecule has 0 unspecified atom stereocenters. The smallest absolute Gasteiger partial charge is 0.410 e. The number of aromatic nitrogens is 4. The van der Waals surface area contributed by atoms with Crippen LogP contribution in [-0.2, 0) is 22.3 Å². The summed E-state index contributed by atoms with van der Waals surface area (Å²) in [6, 6.07) is 9.48. The summed E-state index contributed by atoms with van der Waals surface area (Å²) in [5, 5.41) is 9.65. The third kappa shape index (κ3) is 6.91. The number of nitrogens with zero attached hydrogens (tertiary/aromatic N) is 5. The molecule has 1 aliphatic heterocycles. The molecular weight excluding hydrogens is 657 g/mol. The van der Waals surface area contributed by atoms with Crippen LogP contribution in [-0.4, -0.2) is 55.9 Å². The zero-order valence-corrected chi connectivity index (χ0v) is 28.9. The van der Waals surface area contributed by atoms with E-state index in [1.54, 1.807) is 37.1 Å². The van der Waals surface area contributed by atoms with Crippen LogP contribution < -0.4 is 0 Å². The van der Waals surface area contributed by atoms with Gasteiger partial charge in [-0.05, 0) is 88.6 Å². The number of hydrogen-bond donors (Lipinski definition) is 0. The summed E-state index contributed by atoms with van der Waals surface area (Å²) in [7, 11) is 0. The lowest BCUT2D eigenvalue weighted by atomic mass is 9.91. The average molecular weight is 692 g/mol. The highest BCUT2D eigenvalue weighted by atomic mass is 35.5. The van der Waals surface area contributed by atoms with Gasteiger partial charge in [-0.15, -0.1) is 21.5 Å². The number of fused-ring (bicyclic) bond motifs is 1. The van der Waals surface area contributed by atoms with E-state index in [0.717, 1.165) is 15.6 Å². The molecule has 5 aromatic rings. The fraction of sp³-hybridized carbons (Fsp3) is 0.371. The van der Waals surface area contributed by atoms with Gasteiger partial charge in [0.25, 0.3) is 0 Å². The Hall–Kier alpha value is -4.42. The van der Waals surface area contributed by atoms with Crippen LogP contribution in [0.2, 0.25) is 5.15 Å². The number of ether oxygens (including phenoxy) is 2. The maximum atomic E-state index is 14.2. The molecule has 1 atom stereocenters. The third-order valence-electron chi connectivity index (χ3n) is 7.92. The minimum Gasteiger partial charge on any atom is -0.462 e. The van der Waals surface area contributed by atoms with Crippen LogP contribution in [0.4, 0.5) is 9.18 Å². The minimum absolute atomic E-state index is 0.113. The quantitative estimate of drug-likeness (QED) is 0.116. The van der Waals surface area contributed by atoms with Crippen LogP contribution >= 0.6 is 22.9 Å². The number of carbonyl (C=O) groups excluding carboxylic acids is 2. The summed E-state index contributed by atoms with van der Waals surface area (Å²) in [6.07, 6.45) is 3.23. The van der Waals surface area contributed by atoms with Gasteiger partial charge >= 0.3 is 12.1 Å². The second-order valence-corrected chi connectivity index (χ2v) is 13.9. The van der Waals surface area contributed by atoms with Gasteiger partial charge in [0, 0.05) is 30.1 Å². The Kier molecular flexibility index (Phi) is 9.48. The Morgan fingerprint density at radius 2 is 1.90 bits per heavy atom. The van der Waals surface area contributed by atoms with Crippen molar-refractivity contribution in [1.29, 1.82) is 0 Å². The fourth-order valence-electron chi connectivity index (χ4n) is 5.92. The van der Waals surface area contributed by atoms with Crippen LogP contribution in [0, 0.1) is 12.7 Å². The molecule has 0 bridgehead atoms. The standard InChI is InChI=1S/C35H35ClFN5O5S/c1-6-45-33(43)28-27(25-18-21-15-16-38-31(36)30(21)48-25)26(32-41-40-19(2)46-32)23(14-11-20-9-12-22(37)13-10-20)39-29(28)24-8-7-17-42(24)34(44)47-35(3,4)5/h9-10,12-13,15-16,18,24H,6-8,11,14,17H2,1-5H3/t24-/m0/s1. The second-order valence-electron chi connectivity index (χ2n) is 12.5. The number of aryl methyl sites for hydroxylation is 3. The maximum Gasteiger partial charge on any atom is 0.410 e. The van der Waals surface area contributed by atoms with Gasteiger partial charge in [-0.1, -0.05) is 23.7 Å². The van der Waals surface area contributed by atoms with E-state index in [1.165, 1.54) is 23.5 Å². The van der Waals surface area contributed by atoms with E-state index in [1.807, 2.05) is 32.9 Å². The molecule has 4 aromatic heterocycles. The highest BCUT2D eigenvalue weighted by Crippen LogP contribution is 2.47. The molecule has 1 saturated heterocycles. The number of benzene rings is 1. The largest absolute Gasteiger partial charge is 0.462 e. The Labute approximate surface area is 286 Å². The molecule has 10 nitrogen and oxygen atoms in total. The molecule has 0 aliphatic carbocycles. The van der Waals surface area contributed by atoms with Gasteiger partial charge in [-0.25, -0.2) is 19.0 Å². The van der Waals surface area contributed by atoms with Gasteiger partial charge in [-0.3, -0.25) is 9.88 Å². The van der Waals surface area contributed by atoms with Crippen molar-refractivity contribution < 1.29 is 27.9 Å². The Balaban J connectivity index is 1.65. The van der Waals surface area contributed by atoms with Crippen LogP contribution in [0.1, 0.15) is 79.8 Å². The minimum atomic E-state index is -0.725. The summed E-state index contributed by atoms with van der Waals surface area (Å²) in [5.74, 6) is -0.421. The SMILES string of the molecule is CCOC(=O)c1c([C@@H]2CCCN2C(=O)OC(C)(C)C)nc(CCc2ccc(F)cc2)c(-c2nnc(C)o2)c1-c1cc2ccnc(Cl)c2s1. The van der Waals surface area contributed by atoms with E-state index in [-0.39, 0.29) is 23.9 Å². The lowest BCUT2D eigenvalue weighted by molar-refractivity contribution is 0.0217. The van der Waals surface area contributed by atoms with Crippen molar-refractivity contribution in [3.8, 4) is 21.9 Å². The first-order valence-electron chi connectivity index (χ1n) is 15.8. The van der Waals surface area contributed by atoms with E-state index in [9.17, 15) is 14.0 Å². The molecule has 48 heavy (non-hydrogen) atoms. The first-order valence-corrected chi connectivity index (χ1v) is 17.0.